The Morgan fingerprint density at radius 2 is 1.91 bits per heavy atom. The van der Waals surface area contributed by atoms with Gasteiger partial charge in [0.25, 0.3) is 0 Å². The lowest BCUT2D eigenvalue weighted by molar-refractivity contribution is 0.198. The summed E-state index contributed by atoms with van der Waals surface area (Å²) in [6.45, 7) is 6.30. The number of nitrogens with zero attached hydrogens (tertiary/aromatic N) is 2. The highest BCUT2D eigenvalue weighted by molar-refractivity contribution is 7.19. The van der Waals surface area contributed by atoms with E-state index in [4.69, 9.17) is 4.98 Å². The molecule has 3 aromatic rings. The Morgan fingerprint density at radius 3 is 2.70 bits per heavy atom. The van der Waals surface area contributed by atoms with E-state index in [1.807, 2.05) is 11.3 Å². The van der Waals surface area contributed by atoms with Gasteiger partial charge in [-0.15, -0.1) is 11.3 Å². The molecule has 0 amide bonds. The number of hydrogen-bond acceptors (Lipinski definition) is 4. The van der Waals surface area contributed by atoms with Crippen LogP contribution in [0, 0.1) is 6.92 Å². The third-order valence-electron chi connectivity index (χ3n) is 4.42. The quantitative estimate of drug-likeness (QED) is 0.798. The summed E-state index contributed by atoms with van der Waals surface area (Å²) < 4.78 is 1.36. The van der Waals surface area contributed by atoms with E-state index in [0.29, 0.717) is 0 Å². The van der Waals surface area contributed by atoms with Crippen LogP contribution in [-0.4, -0.2) is 36.1 Å². The topological polar surface area (TPSA) is 28.2 Å². The van der Waals surface area contributed by atoms with Crippen LogP contribution in [-0.2, 0) is 0 Å². The lowest BCUT2D eigenvalue weighted by atomic mass is 10.1. The predicted molar refractivity (Wildman–Crippen MR) is 97.1 cm³/mol. The van der Waals surface area contributed by atoms with Gasteiger partial charge in [0, 0.05) is 41.5 Å². The highest BCUT2D eigenvalue weighted by Crippen LogP contribution is 2.36. The van der Waals surface area contributed by atoms with Crippen molar-refractivity contribution in [1.82, 2.24) is 15.2 Å². The minimum Gasteiger partial charge on any atom is -0.314 e. The summed E-state index contributed by atoms with van der Waals surface area (Å²) in [5.41, 5.74) is 2.25. The van der Waals surface area contributed by atoms with E-state index in [9.17, 15) is 0 Å². The van der Waals surface area contributed by atoms with Gasteiger partial charge in [-0.3, -0.25) is 9.88 Å². The Morgan fingerprint density at radius 1 is 1.09 bits per heavy atom. The number of aromatic nitrogens is 1. The normalized spacial score (nSPS) is 17.4. The van der Waals surface area contributed by atoms with Crippen molar-refractivity contribution < 1.29 is 0 Å². The number of thiophene rings is 1. The van der Waals surface area contributed by atoms with E-state index in [2.05, 4.69) is 65.7 Å². The molecule has 1 fully saturated rings. The lowest BCUT2D eigenvalue weighted by Crippen LogP contribution is -2.45. The van der Waals surface area contributed by atoms with Gasteiger partial charge in [-0.1, -0.05) is 24.3 Å². The number of fused-ring (bicyclic) bond motifs is 1. The molecule has 0 saturated carbocycles. The molecule has 23 heavy (non-hydrogen) atoms. The molecule has 3 heterocycles. The van der Waals surface area contributed by atoms with Gasteiger partial charge in [0.05, 0.1) is 11.7 Å². The Balaban J connectivity index is 1.80. The molecule has 0 radical (unpaired) electrons. The maximum absolute atomic E-state index is 4.84. The maximum Gasteiger partial charge on any atom is 0.0871 e. The van der Waals surface area contributed by atoms with E-state index >= 15 is 0 Å². The number of aryl methyl sites for hydroxylation is 1. The molecule has 1 unspecified atom stereocenters. The number of rotatable bonds is 3. The van der Waals surface area contributed by atoms with Crippen molar-refractivity contribution in [2.24, 2.45) is 0 Å². The second kappa shape index (κ2) is 6.40. The molecular formula is C19H21N3S. The molecule has 1 atom stereocenters. The minimum atomic E-state index is 0.259. The van der Waals surface area contributed by atoms with Crippen LogP contribution >= 0.6 is 11.3 Å². The van der Waals surface area contributed by atoms with Crippen LogP contribution in [0.4, 0.5) is 0 Å². The van der Waals surface area contributed by atoms with Crippen LogP contribution in [0.2, 0.25) is 0 Å². The SMILES string of the molecule is Cc1cccc(C(c2cc3ccccc3s2)N2CCNCC2)n1. The van der Waals surface area contributed by atoms with Gasteiger partial charge in [-0.25, -0.2) is 0 Å². The minimum absolute atomic E-state index is 0.259. The van der Waals surface area contributed by atoms with Gasteiger partial charge in [0.15, 0.2) is 0 Å². The van der Waals surface area contributed by atoms with Gasteiger partial charge in [0.2, 0.25) is 0 Å². The van der Waals surface area contributed by atoms with Crippen LogP contribution < -0.4 is 5.32 Å². The summed E-state index contributed by atoms with van der Waals surface area (Å²) in [5.74, 6) is 0. The van der Waals surface area contributed by atoms with Gasteiger partial charge in [0.1, 0.15) is 0 Å². The molecule has 2 aromatic heterocycles. The average Bonchev–Trinajstić information content (AvgIpc) is 2.99. The van der Waals surface area contributed by atoms with Crippen LogP contribution in [0.25, 0.3) is 10.1 Å². The Kier molecular flexibility index (Phi) is 4.12. The zero-order valence-corrected chi connectivity index (χ0v) is 14.1. The first-order chi connectivity index (χ1) is 11.3. The van der Waals surface area contributed by atoms with Crippen molar-refractivity contribution in [3.8, 4) is 0 Å². The molecule has 3 nitrogen and oxygen atoms in total. The number of benzene rings is 1. The Bertz CT molecular complexity index is 772. The van der Waals surface area contributed by atoms with Crippen molar-refractivity contribution in [2.75, 3.05) is 26.2 Å². The smallest absolute Gasteiger partial charge is 0.0871 e. The molecule has 1 saturated heterocycles. The van der Waals surface area contributed by atoms with Crippen LogP contribution in [0.5, 0.6) is 0 Å². The first kappa shape index (κ1) is 14.8. The third-order valence-corrected chi connectivity index (χ3v) is 5.59. The second-order valence-electron chi connectivity index (χ2n) is 6.08. The summed E-state index contributed by atoms with van der Waals surface area (Å²) in [6, 6.07) is 17.6. The van der Waals surface area contributed by atoms with E-state index < -0.39 is 0 Å². The Labute approximate surface area is 141 Å². The van der Waals surface area contributed by atoms with Crippen LogP contribution in [0.15, 0.2) is 48.5 Å². The summed E-state index contributed by atoms with van der Waals surface area (Å²) in [6.07, 6.45) is 0. The molecule has 0 spiro atoms. The predicted octanol–water partition coefficient (Wildman–Crippen LogP) is 3.60. The van der Waals surface area contributed by atoms with Crippen LogP contribution in [0.3, 0.4) is 0 Å². The van der Waals surface area contributed by atoms with Crippen molar-refractivity contribution in [2.45, 2.75) is 13.0 Å². The molecule has 1 N–H and O–H groups in total. The average molecular weight is 323 g/mol. The monoisotopic (exact) mass is 323 g/mol. The zero-order chi connectivity index (χ0) is 15.6. The highest BCUT2D eigenvalue weighted by Gasteiger charge is 2.26. The van der Waals surface area contributed by atoms with Crippen LogP contribution in [0.1, 0.15) is 22.3 Å². The first-order valence-electron chi connectivity index (χ1n) is 8.18. The summed E-state index contributed by atoms with van der Waals surface area (Å²) >= 11 is 1.90. The number of nitrogens with one attached hydrogen (secondary N) is 1. The summed E-state index contributed by atoms with van der Waals surface area (Å²) in [7, 11) is 0. The lowest BCUT2D eigenvalue weighted by Gasteiger charge is -2.34. The fourth-order valence-corrected chi connectivity index (χ4v) is 4.52. The van der Waals surface area contributed by atoms with Gasteiger partial charge in [-0.2, -0.15) is 0 Å². The molecule has 4 heteroatoms. The summed E-state index contributed by atoms with van der Waals surface area (Å²) in [4.78, 5) is 8.79. The molecule has 1 aliphatic heterocycles. The molecule has 0 bridgehead atoms. The zero-order valence-electron chi connectivity index (χ0n) is 13.3. The number of hydrogen-bond donors (Lipinski definition) is 1. The van der Waals surface area contributed by atoms with Gasteiger partial charge >= 0.3 is 0 Å². The maximum atomic E-state index is 4.84. The third kappa shape index (κ3) is 3.02. The fourth-order valence-electron chi connectivity index (χ4n) is 3.31. The van der Waals surface area contributed by atoms with Crippen molar-refractivity contribution >= 4 is 21.4 Å². The number of pyridine rings is 1. The molecule has 4 rings (SSSR count). The standard InChI is InChI=1S/C19H21N3S/c1-14-5-4-7-16(21-14)19(22-11-9-20-10-12-22)18-13-15-6-2-3-8-17(15)23-18/h2-8,13,19-20H,9-12H2,1H3. The number of piperazine rings is 1. The molecule has 1 aliphatic rings. The van der Waals surface area contributed by atoms with Crippen molar-refractivity contribution in [3.63, 3.8) is 0 Å². The molecule has 118 valence electrons. The second-order valence-corrected chi connectivity index (χ2v) is 7.19. The van der Waals surface area contributed by atoms with Gasteiger partial charge in [-0.05, 0) is 36.6 Å². The fraction of sp³-hybridized carbons (Fsp3) is 0.316. The van der Waals surface area contributed by atoms with Crippen molar-refractivity contribution in [1.29, 1.82) is 0 Å². The molecule has 1 aromatic carbocycles. The largest absolute Gasteiger partial charge is 0.314 e. The van der Waals surface area contributed by atoms with E-state index in [1.54, 1.807) is 0 Å². The highest BCUT2D eigenvalue weighted by atomic mass is 32.1. The van der Waals surface area contributed by atoms with E-state index in [1.165, 1.54) is 20.7 Å². The van der Waals surface area contributed by atoms with E-state index in [0.717, 1.165) is 31.9 Å². The molecule has 0 aliphatic carbocycles. The van der Waals surface area contributed by atoms with Gasteiger partial charge < -0.3 is 5.32 Å². The summed E-state index contributed by atoms with van der Waals surface area (Å²) in [5, 5.41) is 4.79. The first-order valence-corrected chi connectivity index (χ1v) is 9.00. The molecular weight excluding hydrogens is 302 g/mol. The van der Waals surface area contributed by atoms with Crippen molar-refractivity contribution in [3.05, 3.63) is 64.8 Å². The Hall–Kier alpha value is -1.75. The van der Waals surface area contributed by atoms with E-state index in [-0.39, 0.29) is 6.04 Å².